The molecule has 0 aromatic carbocycles. The van der Waals surface area contributed by atoms with E-state index in [2.05, 4.69) is 26.8 Å². The quantitative estimate of drug-likeness (QED) is 0.561. The van der Waals surface area contributed by atoms with Crippen LogP contribution in [0.15, 0.2) is 23.3 Å². The molecule has 2 rings (SSSR count). The smallest absolute Gasteiger partial charge is 0.0644 e. The van der Waals surface area contributed by atoms with Crippen LogP contribution in [0.2, 0.25) is 0 Å². The van der Waals surface area contributed by atoms with Crippen LogP contribution in [0, 0.1) is 22.7 Å². The Bertz CT molecular complexity index is 494. The van der Waals surface area contributed by atoms with Gasteiger partial charge in [-0.15, -0.1) is 0 Å². The van der Waals surface area contributed by atoms with Crippen LogP contribution in [0.25, 0.3) is 0 Å². The standard InChI is InChI=1S/C20H34O4/c1-19(2)10-16(24)11-20(3)17(6-4-14(12-22)8-9-21)15(13-23)5-7-18(19)20/h5,8,16-18,21-24H,4,6-7,9-13H2,1-3H3/b14-8-/t16-,17+,18+,20-/m1/s1. The highest BCUT2D eigenvalue weighted by Gasteiger charge is 2.54. The summed E-state index contributed by atoms with van der Waals surface area (Å²) in [4.78, 5) is 0. The van der Waals surface area contributed by atoms with E-state index in [-0.39, 0.29) is 42.7 Å². The van der Waals surface area contributed by atoms with Crippen molar-refractivity contribution in [2.75, 3.05) is 19.8 Å². The van der Waals surface area contributed by atoms with Gasteiger partial charge in [0.25, 0.3) is 0 Å². The van der Waals surface area contributed by atoms with Crippen molar-refractivity contribution in [3.05, 3.63) is 23.3 Å². The van der Waals surface area contributed by atoms with Gasteiger partial charge >= 0.3 is 0 Å². The van der Waals surface area contributed by atoms with E-state index in [0.717, 1.165) is 36.8 Å². The zero-order valence-corrected chi connectivity index (χ0v) is 15.3. The molecule has 0 heterocycles. The van der Waals surface area contributed by atoms with Gasteiger partial charge in [0.15, 0.2) is 0 Å². The zero-order chi connectivity index (χ0) is 18.0. The second-order valence-corrected chi connectivity index (χ2v) is 8.58. The van der Waals surface area contributed by atoms with Crippen LogP contribution in [0.1, 0.15) is 52.9 Å². The molecule has 4 N–H and O–H groups in total. The molecule has 0 spiro atoms. The van der Waals surface area contributed by atoms with Gasteiger partial charge in [0.2, 0.25) is 0 Å². The molecule has 24 heavy (non-hydrogen) atoms. The maximum absolute atomic E-state index is 10.5. The van der Waals surface area contributed by atoms with E-state index < -0.39 is 0 Å². The third-order valence-corrected chi connectivity index (χ3v) is 6.56. The van der Waals surface area contributed by atoms with Crippen molar-refractivity contribution < 1.29 is 20.4 Å². The summed E-state index contributed by atoms with van der Waals surface area (Å²) in [6, 6.07) is 0. The van der Waals surface area contributed by atoms with E-state index in [4.69, 9.17) is 5.11 Å². The Labute approximate surface area is 145 Å². The molecule has 0 aromatic heterocycles. The van der Waals surface area contributed by atoms with Gasteiger partial charge in [-0.3, -0.25) is 0 Å². The molecular weight excluding hydrogens is 304 g/mol. The van der Waals surface area contributed by atoms with Gasteiger partial charge in [-0.1, -0.05) is 32.9 Å². The average Bonchev–Trinajstić information content (AvgIpc) is 2.49. The zero-order valence-electron chi connectivity index (χ0n) is 15.3. The highest BCUT2D eigenvalue weighted by molar-refractivity contribution is 5.21. The molecule has 4 heteroatoms. The highest BCUT2D eigenvalue weighted by Crippen LogP contribution is 2.60. The van der Waals surface area contributed by atoms with E-state index >= 15 is 0 Å². The molecule has 4 atom stereocenters. The molecule has 0 aliphatic heterocycles. The van der Waals surface area contributed by atoms with Gasteiger partial charge in [0.05, 0.1) is 25.9 Å². The predicted octanol–water partition coefficient (Wildman–Crippen LogP) is 2.42. The molecule has 2 aliphatic carbocycles. The highest BCUT2D eigenvalue weighted by atomic mass is 16.3. The number of allylic oxidation sites excluding steroid dienone is 1. The summed E-state index contributed by atoms with van der Waals surface area (Å²) in [5.41, 5.74) is 1.94. The van der Waals surface area contributed by atoms with Crippen LogP contribution in [0.4, 0.5) is 0 Å². The number of hydrogen-bond acceptors (Lipinski definition) is 4. The number of rotatable bonds is 6. The fourth-order valence-electron chi connectivity index (χ4n) is 5.57. The molecule has 1 fully saturated rings. The topological polar surface area (TPSA) is 80.9 Å². The van der Waals surface area contributed by atoms with E-state index in [1.54, 1.807) is 6.08 Å². The van der Waals surface area contributed by atoms with Crippen molar-refractivity contribution in [3.8, 4) is 0 Å². The molecule has 4 nitrogen and oxygen atoms in total. The Hall–Kier alpha value is -0.680. The summed E-state index contributed by atoms with van der Waals surface area (Å²) in [5.74, 6) is 0.678. The van der Waals surface area contributed by atoms with E-state index in [1.165, 1.54) is 0 Å². The van der Waals surface area contributed by atoms with Gasteiger partial charge in [-0.05, 0) is 65.9 Å². The first kappa shape index (κ1) is 19.6. The fraction of sp³-hybridized carbons (Fsp3) is 0.800. The van der Waals surface area contributed by atoms with Crippen molar-refractivity contribution in [1.82, 2.24) is 0 Å². The number of fused-ring (bicyclic) bond motifs is 1. The third kappa shape index (κ3) is 3.77. The second-order valence-electron chi connectivity index (χ2n) is 8.58. The molecule has 138 valence electrons. The summed E-state index contributed by atoms with van der Waals surface area (Å²) in [6.45, 7) is 6.72. The number of hydrogen-bond donors (Lipinski definition) is 4. The second kappa shape index (κ2) is 7.69. The lowest BCUT2D eigenvalue weighted by atomic mass is 9.47. The van der Waals surface area contributed by atoms with Gasteiger partial charge in [0.1, 0.15) is 0 Å². The van der Waals surface area contributed by atoms with E-state index in [0.29, 0.717) is 12.3 Å². The Morgan fingerprint density at radius 2 is 1.92 bits per heavy atom. The van der Waals surface area contributed by atoms with Crippen LogP contribution in [-0.2, 0) is 0 Å². The molecule has 0 radical (unpaired) electrons. The number of aliphatic hydroxyl groups excluding tert-OH is 4. The normalized spacial score (nSPS) is 36.2. The molecular formula is C20H34O4. The number of aliphatic hydroxyl groups is 4. The van der Waals surface area contributed by atoms with Crippen molar-refractivity contribution in [2.45, 2.75) is 59.0 Å². The predicted molar refractivity (Wildman–Crippen MR) is 95.4 cm³/mol. The molecule has 0 aromatic rings. The molecule has 0 amide bonds. The molecule has 0 unspecified atom stereocenters. The Balaban J connectivity index is 2.29. The Morgan fingerprint density at radius 1 is 1.21 bits per heavy atom. The summed E-state index contributed by atoms with van der Waals surface area (Å²) in [6.07, 6.45) is 7.66. The minimum absolute atomic E-state index is 0.0420. The average molecular weight is 338 g/mol. The van der Waals surface area contributed by atoms with Crippen molar-refractivity contribution >= 4 is 0 Å². The first-order valence-corrected chi connectivity index (χ1v) is 9.16. The van der Waals surface area contributed by atoms with E-state index in [9.17, 15) is 15.3 Å². The van der Waals surface area contributed by atoms with Crippen LogP contribution >= 0.6 is 0 Å². The first-order valence-electron chi connectivity index (χ1n) is 9.16. The maximum atomic E-state index is 10.5. The van der Waals surface area contributed by atoms with Gasteiger partial charge < -0.3 is 20.4 Å². The van der Waals surface area contributed by atoms with Crippen molar-refractivity contribution in [1.29, 1.82) is 0 Å². The van der Waals surface area contributed by atoms with Gasteiger partial charge in [-0.2, -0.15) is 0 Å². The lowest BCUT2D eigenvalue weighted by Crippen LogP contribution is -2.52. The Morgan fingerprint density at radius 3 is 2.50 bits per heavy atom. The maximum Gasteiger partial charge on any atom is 0.0644 e. The fourth-order valence-corrected chi connectivity index (χ4v) is 5.57. The third-order valence-electron chi connectivity index (χ3n) is 6.56. The Kier molecular flexibility index (Phi) is 6.29. The van der Waals surface area contributed by atoms with Gasteiger partial charge in [0, 0.05) is 0 Å². The van der Waals surface area contributed by atoms with Crippen molar-refractivity contribution in [3.63, 3.8) is 0 Å². The first-order chi connectivity index (χ1) is 11.3. The monoisotopic (exact) mass is 338 g/mol. The van der Waals surface area contributed by atoms with Crippen molar-refractivity contribution in [2.24, 2.45) is 22.7 Å². The van der Waals surface area contributed by atoms with Gasteiger partial charge in [-0.25, -0.2) is 0 Å². The lowest BCUT2D eigenvalue weighted by molar-refractivity contribution is -0.0970. The molecule has 1 saturated carbocycles. The summed E-state index contributed by atoms with van der Waals surface area (Å²) >= 11 is 0. The SMILES string of the molecule is CC1(C)C[C@@H](O)C[C@]2(C)[C@@H](CC/C(=C/CO)CO)C(CO)=CC[C@@H]12. The summed E-state index contributed by atoms with van der Waals surface area (Å²) < 4.78 is 0. The van der Waals surface area contributed by atoms with Crippen LogP contribution < -0.4 is 0 Å². The molecule has 0 bridgehead atoms. The minimum Gasteiger partial charge on any atom is -0.393 e. The molecule has 2 aliphatic rings. The lowest BCUT2D eigenvalue weighted by Gasteiger charge is -2.58. The van der Waals surface area contributed by atoms with E-state index in [1.807, 2.05) is 0 Å². The molecule has 0 saturated heterocycles. The van der Waals surface area contributed by atoms with Crippen LogP contribution in [0.3, 0.4) is 0 Å². The summed E-state index contributed by atoms with van der Waals surface area (Å²) in [5, 5.41) is 38.8. The van der Waals surface area contributed by atoms with Crippen LogP contribution in [0.5, 0.6) is 0 Å². The minimum atomic E-state index is -0.299. The summed E-state index contributed by atoms with van der Waals surface area (Å²) in [7, 11) is 0. The largest absolute Gasteiger partial charge is 0.393 e. The van der Waals surface area contributed by atoms with Crippen LogP contribution in [-0.4, -0.2) is 46.4 Å².